The lowest BCUT2D eigenvalue weighted by Crippen LogP contribution is -2.49. The van der Waals surface area contributed by atoms with E-state index in [4.69, 9.17) is 4.74 Å². The number of hydrogen-bond acceptors (Lipinski definition) is 2. The molecular weight excluding hydrogens is 621 g/mol. The van der Waals surface area contributed by atoms with Crippen LogP contribution in [0.1, 0.15) is 251 Å². The van der Waals surface area contributed by atoms with Gasteiger partial charge in [-0.3, -0.25) is 4.79 Å². The van der Waals surface area contributed by atoms with E-state index in [1.807, 2.05) is 0 Å². The topological polar surface area (TPSA) is 26.3 Å². The molecule has 5 aliphatic rings. The zero-order valence-corrected chi connectivity index (χ0v) is 34.6. The molecule has 0 bridgehead atoms. The minimum atomic E-state index is 0.179. The zero-order valence-electron chi connectivity index (χ0n) is 34.6. The Kier molecular flexibility index (Phi) is 18.6. The highest BCUT2D eigenvalue weighted by Gasteiger charge is 2.53. The number of carbonyl (C=O) groups excluding carboxylic acids is 1. The molecule has 5 rings (SSSR count). The molecule has 5 fully saturated rings. The van der Waals surface area contributed by atoms with Crippen LogP contribution in [0.2, 0.25) is 0 Å². The summed E-state index contributed by atoms with van der Waals surface area (Å²) in [6.45, 7) is 5.44. The molecule has 0 spiro atoms. The molecule has 0 aliphatic heterocycles. The van der Waals surface area contributed by atoms with Crippen LogP contribution in [0.5, 0.6) is 0 Å². The van der Waals surface area contributed by atoms with Crippen LogP contribution in [0.3, 0.4) is 0 Å². The first-order valence-corrected chi connectivity index (χ1v) is 24.2. The van der Waals surface area contributed by atoms with Gasteiger partial charge in [0.2, 0.25) is 0 Å². The minimum absolute atomic E-state index is 0.179. The molecule has 0 amide bonds. The number of hydrogen-bond donors (Lipinski definition) is 0. The average molecular weight is 709 g/mol. The lowest BCUT2D eigenvalue weighted by Gasteiger charge is -2.58. The Bertz CT molecular complexity index is 889. The molecule has 0 N–H and O–H groups in total. The summed E-state index contributed by atoms with van der Waals surface area (Å²) in [4.78, 5) is 11.5. The van der Waals surface area contributed by atoms with E-state index >= 15 is 0 Å². The van der Waals surface area contributed by atoms with E-state index in [0.717, 1.165) is 54.8 Å². The second kappa shape index (κ2) is 22.8. The fourth-order valence-electron chi connectivity index (χ4n) is 13.8. The monoisotopic (exact) mass is 709 g/mol. The second-order valence-electron chi connectivity index (χ2n) is 19.8. The van der Waals surface area contributed by atoms with Crippen LogP contribution < -0.4 is 0 Å². The predicted octanol–water partition coefficient (Wildman–Crippen LogP) is 15.7. The predicted molar refractivity (Wildman–Crippen MR) is 219 cm³/mol. The molecule has 0 aromatic heterocycles. The van der Waals surface area contributed by atoms with Gasteiger partial charge >= 0.3 is 0 Å². The summed E-state index contributed by atoms with van der Waals surface area (Å²) in [6.07, 6.45) is 54.3. The van der Waals surface area contributed by atoms with Crippen molar-refractivity contribution < 1.29 is 9.53 Å². The highest BCUT2D eigenvalue weighted by atomic mass is 16.5. The normalized spacial score (nSPS) is 32.7. The van der Waals surface area contributed by atoms with E-state index in [1.165, 1.54) is 199 Å². The lowest BCUT2D eigenvalue weighted by molar-refractivity contribution is -0.138. The fourth-order valence-corrected chi connectivity index (χ4v) is 13.8. The van der Waals surface area contributed by atoms with Crippen LogP contribution in [-0.2, 0) is 9.53 Å². The van der Waals surface area contributed by atoms with Crippen molar-refractivity contribution in [3.8, 4) is 0 Å². The average Bonchev–Trinajstić information content (AvgIpc) is 3.18. The van der Waals surface area contributed by atoms with Gasteiger partial charge in [0.05, 0.1) is 0 Å². The Morgan fingerprint density at radius 2 is 1.02 bits per heavy atom. The molecule has 0 aromatic carbocycles. The maximum Gasteiger partial charge on any atom is 0.293 e. The maximum absolute atomic E-state index is 11.5. The summed E-state index contributed by atoms with van der Waals surface area (Å²) in [6, 6.07) is 0. The van der Waals surface area contributed by atoms with E-state index < -0.39 is 0 Å². The summed E-state index contributed by atoms with van der Waals surface area (Å²) in [5.74, 6) is 5.84. The number of ether oxygens (including phenoxy) is 1. The van der Waals surface area contributed by atoms with Gasteiger partial charge in [-0.05, 0) is 117 Å². The summed E-state index contributed by atoms with van der Waals surface area (Å²) in [7, 11) is 0. The van der Waals surface area contributed by atoms with Crippen LogP contribution in [0.15, 0.2) is 0 Å². The Morgan fingerprint density at radius 1 is 0.529 bits per heavy atom. The zero-order chi connectivity index (χ0) is 35.6. The molecule has 1 unspecified atom stereocenters. The van der Waals surface area contributed by atoms with Crippen LogP contribution in [-0.4, -0.2) is 12.6 Å². The molecule has 51 heavy (non-hydrogen) atoms. The first kappa shape index (κ1) is 41.6. The van der Waals surface area contributed by atoms with Crippen molar-refractivity contribution >= 4 is 6.47 Å². The number of carbonyl (C=O) groups is 1. The molecule has 2 nitrogen and oxygen atoms in total. The van der Waals surface area contributed by atoms with Gasteiger partial charge < -0.3 is 4.74 Å². The molecule has 0 radical (unpaired) electrons. The molecular formula is C49H88O2. The highest BCUT2D eigenvalue weighted by Crippen LogP contribution is 2.63. The Balaban J connectivity index is 1.29. The van der Waals surface area contributed by atoms with Crippen LogP contribution in [0.4, 0.5) is 0 Å². The van der Waals surface area contributed by atoms with Gasteiger partial charge in [-0.25, -0.2) is 0 Å². The molecule has 1 atom stereocenters. The second-order valence-corrected chi connectivity index (χ2v) is 19.8. The van der Waals surface area contributed by atoms with Crippen LogP contribution in [0, 0.1) is 46.3 Å². The molecule has 0 aromatic rings. The summed E-state index contributed by atoms with van der Waals surface area (Å²) in [5.41, 5.74) is 1.11. The Hall–Kier alpha value is -0.530. The molecule has 296 valence electrons. The van der Waals surface area contributed by atoms with E-state index in [0.29, 0.717) is 10.8 Å². The fraction of sp³-hybridized carbons (Fsp3) is 0.980. The van der Waals surface area contributed by atoms with Crippen molar-refractivity contribution in [2.24, 2.45) is 46.3 Å². The first-order chi connectivity index (χ1) is 25.1. The Morgan fingerprint density at radius 3 is 1.55 bits per heavy atom. The minimum Gasteiger partial charge on any atom is -0.465 e. The van der Waals surface area contributed by atoms with Gasteiger partial charge in [0, 0.05) is 0 Å². The van der Waals surface area contributed by atoms with Gasteiger partial charge in [-0.15, -0.1) is 0 Å². The number of unbranched alkanes of at least 4 members (excludes halogenated alkanes) is 10. The van der Waals surface area contributed by atoms with Gasteiger partial charge in [0.15, 0.2) is 0 Å². The first-order valence-electron chi connectivity index (χ1n) is 24.2. The van der Waals surface area contributed by atoms with E-state index in [-0.39, 0.29) is 6.10 Å². The molecule has 0 saturated heterocycles. The summed E-state index contributed by atoms with van der Waals surface area (Å²) < 4.78 is 5.69. The van der Waals surface area contributed by atoms with Crippen molar-refractivity contribution in [2.75, 3.05) is 0 Å². The van der Waals surface area contributed by atoms with E-state index in [2.05, 4.69) is 13.8 Å². The highest BCUT2D eigenvalue weighted by molar-refractivity contribution is 5.37. The molecule has 0 heterocycles. The summed E-state index contributed by atoms with van der Waals surface area (Å²) in [5, 5.41) is 0. The van der Waals surface area contributed by atoms with Gasteiger partial charge in [-0.1, -0.05) is 181 Å². The van der Waals surface area contributed by atoms with E-state index in [9.17, 15) is 4.79 Å². The SMILES string of the molecule is CCCCCCCC[C@H]1CC[C@H](C2(CC(C3CCCCC3)C3([C@H]4CC[C@H](CCCCCCCC)CC4)CCCCC3)CCC(OC=O)CC2)CC1. The number of rotatable bonds is 22. The van der Waals surface area contributed by atoms with Crippen molar-refractivity contribution in [1.82, 2.24) is 0 Å². The van der Waals surface area contributed by atoms with Crippen molar-refractivity contribution in [3.05, 3.63) is 0 Å². The third kappa shape index (κ3) is 12.2. The lowest BCUT2D eigenvalue weighted by atomic mass is 9.47. The molecule has 2 heteroatoms. The van der Waals surface area contributed by atoms with Gasteiger partial charge in [0.1, 0.15) is 6.10 Å². The third-order valence-electron chi connectivity index (χ3n) is 16.8. The van der Waals surface area contributed by atoms with Crippen LogP contribution in [0.25, 0.3) is 0 Å². The van der Waals surface area contributed by atoms with Crippen molar-refractivity contribution in [3.63, 3.8) is 0 Å². The van der Waals surface area contributed by atoms with Gasteiger partial charge in [-0.2, -0.15) is 0 Å². The molecule has 5 aliphatic carbocycles. The quantitative estimate of drug-likeness (QED) is 0.0827. The standard InChI is InChI=1S/C49H88O2/c1-3-5-7-9-11-15-21-41-25-29-44(30-26-41)48(37-33-46(34-38-48)51-40-50)39-47(43-23-17-13-18-24-43)49(35-19-14-20-36-49)45-31-27-42(28-32-45)22-16-12-10-8-6-4-2/h40-47H,3-39H2,1-2H3/t41-,42-,44-,45-,46?,47?,48?. The summed E-state index contributed by atoms with van der Waals surface area (Å²) >= 11 is 0. The third-order valence-corrected chi connectivity index (χ3v) is 16.8. The van der Waals surface area contributed by atoms with Crippen LogP contribution >= 0.6 is 0 Å². The van der Waals surface area contributed by atoms with Crippen molar-refractivity contribution in [2.45, 2.75) is 258 Å². The molecule has 5 saturated carbocycles. The maximum atomic E-state index is 11.5. The van der Waals surface area contributed by atoms with E-state index in [1.54, 1.807) is 25.7 Å². The van der Waals surface area contributed by atoms with Crippen molar-refractivity contribution in [1.29, 1.82) is 0 Å². The Labute approximate surface area is 319 Å². The smallest absolute Gasteiger partial charge is 0.293 e. The van der Waals surface area contributed by atoms with Gasteiger partial charge in [0.25, 0.3) is 6.47 Å². The largest absolute Gasteiger partial charge is 0.465 e.